The molecule has 1 saturated carbocycles. The Labute approximate surface area is 103 Å². The van der Waals surface area contributed by atoms with Crippen molar-refractivity contribution in [3.8, 4) is 5.75 Å². The summed E-state index contributed by atoms with van der Waals surface area (Å²) in [6.45, 7) is 0.709. The first-order valence-corrected chi connectivity index (χ1v) is 5.90. The highest BCUT2D eigenvalue weighted by molar-refractivity contribution is 6.32. The second kappa shape index (κ2) is 4.04. The Morgan fingerprint density at radius 2 is 2.35 bits per heavy atom. The van der Waals surface area contributed by atoms with Crippen LogP contribution in [0, 0.1) is 5.92 Å². The molecule has 0 radical (unpaired) electrons. The van der Waals surface area contributed by atoms with Gasteiger partial charge >= 0.3 is 0 Å². The molecule has 0 aromatic carbocycles. The van der Waals surface area contributed by atoms with Gasteiger partial charge in [-0.3, -0.25) is 4.79 Å². The molecule has 1 aliphatic rings. The van der Waals surface area contributed by atoms with E-state index in [2.05, 4.69) is 4.98 Å². The average molecular weight is 251 g/mol. The van der Waals surface area contributed by atoms with Crippen LogP contribution in [0.2, 0.25) is 5.02 Å². The smallest absolute Gasteiger partial charge is 0.170 e. The lowest BCUT2D eigenvalue weighted by Gasteiger charge is -2.07. The lowest BCUT2D eigenvalue weighted by Crippen LogP contribution is -2.00. The number of ether oxygens (including phenoxy) is 1. The summed E-state index contributed by atoms with van der Waals surface area (Å²) in [5.41, 5.74) is 1.04. The molecule has 5 heteroatoms. The number of carbonyl (C=O) groups excluding carboxylic acids is 1. The summed E-state index contributed by atoms with van der Waals surface area (Å²) in [6, 6.07) is 1.71. The molecule has 1 fully saturated rings. The predicted octanol–water partition coefficient (Wildman–Crippen LogP) is 2.59. The minimum Gasteiger partial charge on any atom is -0.490 e. The Kier molecular flexibility index (Phi) is 2.52. The van der Waals surface area contributed by atoms with Crippen molar-refractivity contribution in [2.24, 2.45) is 5.92 Å². The van der Waals surface area contributed by atoms with Gasteiger partial charge in [0.25, 0.3) is 0 Å². The van der Waals surface area contributed by atoms with Crippen molar-refractivity contribution < 1.29 is 9.53 Å². The first kappa shape index (κ1) is 10.6. The number of pyridine rings is 1. The van der Waals surface area contributed by atoms with Crippen LogP contribution in [0.3, 0.4) is 0 Å². The Morgan fingerprint density at radius 3 is 3.06 bits per heavy atom. The van der Waals surface area contributed by atoms with Crippen LogP contribution in [0.5, 0.6) is 5.75 Å². The molecule has 0 saturated heterocycles. The van der Waals surface area contributed by atoms with Crippen LogP contribution in [0.1, 0.15) is 23.3 Å². The summed E-state index contributed by atoms with van der Waals surface area (Å²) in [6.07, 6.45) is 6.61. The van der Waals surface area contributed by atoms with Gasteiger partial charge in [0.2, 0.25) is 0 Å². The summed E-state index contributed by atoms with van der Waals surface area (Å²) in [4.78, 5) is 14.7. The van der Waals surface area contributed by atoms with Gasteiger partial charge in [-0.25, -0.2) is 4.98 Å². The summed E-state index contributed by atoms with van der Waals surface area (Å²) < 4.78 is 7.39. The summed E-state index contributed by atoms with van der Waals surface area (Å²) in [5, 5.41) is 0.529. The van der Waals surface area contributed by atoms with E-state index < -0.39 is 0 Å². The fourth-order valence-electron chi connectivity index (χ4n) is 1.67. The van der Waals surface area contributed by atoms with E-state index in [4.69, 9.17) is 16.3 Å². The van der Waals surface area contributed by atoms with E-state index in [0.717, 1.165) is 0 Å². The van der Waals surface area contributed by atoms with Gasteiger partial charge in [0.1, 0.15) is 11.3 Å². The molecule has 0 spiro atoms. The standard InChI is InChI=1S/C12H11ClN2O2/c13-10-3-12-14-9(6-16)4-15(12)5-11(10)17-7-8-1-2-8/h3-6,8H,1-2,7H2. The largest absolute Gasteiger partial charge is 0.490 e. The Hall–Kier alpha value is -1.55. The van der Waals surface area contributed by atoms with Crippen LogP contribution in [-0.2, 0) is 0 Å². The van der Waals surface area contributed by atoms with E-state index in [1.54, 1.807) is 22.9 Å². The van der Waals surface area contributed by atoms with Crippen molar-refractivity contribution >= 4 is 23.5 Å². The molecule has 0 aliphatic heterocycles. The molecule has 88 valence electrons. The average Bonchev–Trinajstić information content (AvgIpc) is 3.06. The maximum Gasteiger partial charge on any atom is 0.170 e. The van der Waals surface area contributed by atoms with Crippen LogP contribution < -0.4 is 4.74 Å². The van der Waals surface area contributed by atoms with E-state index in [0.29, 0.717) is 40.9 Å². The first-order valence-electron chi connectivity index (χ1n) is 5.52. The SMILES string of the molecule is O=Cc1cn2cc(OCC3CC3)c(Cl)cc2n1. The van der Waals surface area contributed by atoms with Gasteiger partial charge in [-0.2, -0.15) is 0 Å². The zero-order chi connectivity index (χ0) is 11.8. The number of nitrogens with zero attached hydrogens (tertiary/aromatic N) is 2. The minimum atomic E-state index is 0.389. The molecule has 2 heterocycles. The highest BCUT2D eigenvalue weighted by Gasteiger charge is 2.22. The number of rotatable bonds is 4. The van der Waals surface area contributed by atoms with Gasteiger partial charge in [0, 0.05) is 12.3 Å². The van der Waals surface area contributed by atoms with Crippen LogP contribution in [0.4, 0.5) is 0 Å². The molecule has 4 nitrogen and oxygen atoms in total. The van der Waals surface area contributed by atoms with E-state index in [9.17, 15) is 4.79 Å². The Morgan fingerprint density at radius 1 is 1.53 bits per heavy atom. The van der Waals surface area contributed by atoms with Crippen molar-refractivity contribution in [1.29, 1.82) is 0 Å². The number of halogens is 1. The van der Waals surface area contributed by atoms with Crippen molar-refractivity contribution in [3.05, 3.63) is 29.2 Å². The second-order valence-corrected chi connectivity index (χ2v) is 4.70. The molecule has 0 bridgehead atoms. The summed E-state index contributed by atoms with van der Waals surface area (Å²) in [5.74, 6) is 1.32. The zero-order valence-corrected chi connectivity index (χ0v) is 9.85. The second-order valence-electron chi connectivity index (χ2n) is 4.29. The van der Waals surface area contributed by atoms with Gasteiger partial charge in [0.15, 0.2) is 12.0 Å². The monoisotopic (exact) mass is 250 g/mol. The number of hydrogen-bond donors (Lipinski definition) is 0. The molecular weight excluding hydrogens is 240 g/mol. The zero-order valence-electron chi connectivity index (χ0n) is 9.10. The Balaban J connectivity index is 1.93. The van der Waals surface area contributed by atoms with Crippen LogP contribution in [0.25, 0.3) is 5.65 Å². The summed E-state index contributed by atoms with van der Waals surface area (Å²) >= 11 is 6.09. The van der Waals surface area contributed by atoms with Crippen LogP contribution in [-0.4, -0.2) is 22.3 Å². The van der Waals surface area contributed by atoms with E-state index in [1.165, 1.54) is 12.8 Å². The maximum absolute atomic E-state index is 10.6. The number of aldehydes is 1. The molecule has 2 aromatic heterocycles. The molecule has 0 unspecified atom stereocenters. The number of aromatic nitrogens is 2. The van der Waals surface area contributed by atoms with Crippen molar-refractivity contribution in [1.82, 2.24) is 9.38 Å². The topological polar surface area (TPSA) is 43.6 Å². The van der Waals surface area contributed by atoms with Gasteiger partial charge in [-0.15, -0.1) is 0 Å². The van der Waals surface area contributed by atoms with Gasteiger partial charge in [-0.1, -0.05) is 11.6 Å². The predicted molar refractivity (Wildman–Crippen MR) is 63.8 cm³/mol. The number of carbonyl (C=O) groups is 1. The molecule has 1 aliphatic carbocycles. The minimum absolute atomic E-state index is 0.389. The lowest BCUT2D eigenvalue weighted by molar-refractivity contribution is 0.111. The lowest BCUT2D eigenvalue weighted by atomic mass is 10.4. The third-order valence-corrected chi connectivity index (χ3v) is 3.11. The highest BCUT2D eigenvalue weighted by atomic mass is 35.5. The van der Waals surface area contributed by atoms with E-state index >= 15 is 0 Å². The molecule has 17 heavy (non-hydrogen) atoms. The third-order valence-electron chi connectivity index (χ3n) is 2.82. The molecule has 0 N–H and O–H groups in total. The van der Waals surface area contributed by atoms with Crippen molar-refractivity contribution in [2.45, 2.75) is 12.8 Å². The van der Waals surface area contributed by atoms with Gasteiger partial charge in [-0.05, 0) is 18.8 Å². The van der Waals surface area contributed by atoms with E-state index in [-0.39, 0.29) is 0 Å². The van der Waals surface area contributed by atoms with Gasteiger partial charge < -0.3 is 9.14 Å². The maximum atomic E-state index is 10.6. The number of hydrogen-bond acceptors (Lipinski definition) is 3. The molecular formula is C12H11ClN2O2. The fourth-order valence-corrected chi connectivity index (χ4v) is 1.87. The first-order chi connectivity index (χ1) is 8.26. The van der Waals surface area contributed by atoms with Crippen LogP contribution >= 0.6 is 11.6 Å². The highest BCUT2D eigenvalue weighted by Crippen LogP contribution is 2.32. The third kappa shape index (κ3) is 2.13. The quantitative estimate of drug-likeness (QED) is 0.784. The summed E-state index contributed by atoms with van der Waals surface area (Å²) in [7, 11) is 0. The molecule has 0 amide bonds. The van der Waals surface area contributed by atoms with Crippen molar-refractivity contribution in [2.75, 3.05) is 6.61 Å². The van der Waals surface area contributed by atoms with Crippen LogP contribution in [0.15, 0.2) is 18.5 Å². The number of imidazole rings is 1. The molecule has 2 aromatic rings. The number of fused-ring (bicyclic) bond motifs is 1. The van der Waals surface area contributed by atoms with Crippen molar-refractivity contribution in [3.63, 3.8) is 0 Å². The Bertz CT molecular complexity index is 575. The fraction of sp³-hybridized carbons (Fsp3) is 0.333. The normalized spacial score (nSPS) is 15.1. The van der Waals surface area contributed by atoms with Gasteiger partial charge in [0.05, 0.1) is 17.8 Å². The molecule has 0 atom stereocenters. The van der Waals surface area contributed by atoms with E-state index in [1.807, 2.05) is 0 Å². The molecule has 3 rings (SSSR count).